The molecule has 0 amide bonds. The largest absolute Gasteiger partial charge is 0.347 e. The number of nitrogens with one attached hydrogen (secondary N) is 2. The molecule has 12 heavy (non-hydrogen) atoms. The predicted octanol–water partition coefficient (Wildman–Crippen LogP) is 0.911. The fraction of sp³-hybridized carbons (Fsp3) is 0.444. The van der Waals surface area contributed by atoms with Gasteiger partial charge in [0.05, 0.1) is 11.9 Å². The average molecular weight is 163 g/mol. The van der Waals surface area contributed by atoms with Gasteiger partial charge in [-0.25, -0.2) is 4.98 Å². The van der Waals surface area contributed by atoms with Crippen LogP contribution in [0.15, 0.2) is 12.5 Å². The predicted molar refractivity (Wildman–Crippen MR) is 48.3 cm³/mol. The van der Waals surface area contributed by atoms with Crippen LogP contribution < -0.4 is 5.32 Å². The lowest BCUT2D eigenvalue weighted by Crippen LogP contribution is -2.36. The van der Waals surface area contributed by atoms with Crippen molar-refractivity contribution in [2.45, 2.75) is 25.9 Å². The quantitative estimate of drug-likeness (QED) is 0.650. The summed E-state index contributed by atoms with van der Waals surface area (Å²) < 4.78 is 0. The minimum Gasteiger partial charge on any atom is -0.347 e. The Bertz CT molecular complexity index is 266. The summed E-state index contributed by atoms with van der Waals surface area (Å²) in [4.78, 5) is 6.89. The highest BCUT2D eigenvalue weighted by molar-refractivity contribution is 5.08. The van der Waals surface area contributed by atoms with E-state index in [1.165, 1.54) is 0 Å². The third-order valence-corrected chi connectivity index (χ3v) is 1.64. The number of imidazole rings is 1. The molecule has 64 valence electrons. The van der Waals surface area contributed by atoms with Gasteiger partial charge in [-0.1, -0.05) is 5.92 Å². The van der Waals surface area contributed by atoms with E-state index in [9.17, 15) is 0 Å². The van der Waals surface area contributed by atoms with Crippen molar-refractivity contribution < 1.29 is 0 Å². The molecule has 1 aromatic rings. The third-order valence-electron chi connectivity index (χ3n) is 1.64. The van der Waals surface area contributed by atoms with E-state index in [4.69, 9.17) is 6.42 Å². The second-order valence-corrected chi connectivity index (χ2v) is 3.20. The lowest BCUT2D eigenvalue weighted by Gasteiger charge is -2.18. The number of nitrogens with zero attached hydrogens (tertiary/aromatic N) is 1. The molecule has 3 nitrogen and oxygen atoms in total. The number of hydrogen-bond donors (Lipinski definition) is 2. The van der Waals surface area contributed by atoms with Gasteiger partial charge in [0.15, 0.2) is 0 Å². The smallest absolute Gasteiger partial charge is 0.0922 e. The van der Waals surface area contributed by atoms with Crippen molar-refractivity contribution >= 4 is 0 Å². The monoisotopic (exact) mass is 163 g/mol. The van der Waals surface area contributed by atoms with Crippen LogP contribution in [0.5, 0.6) is 0 Å². The van der Waals surface area contributed by atoms with Crippen LogP contribution in [0.4, 0.5) is 0 Å². The van der Waals surface area contributed by atoms with E-state index < -0.39 is 0 Å². The van der Waals surface area contributed by atoms with Gasteiger partial charge >= 0.3 is 0 Å². The van der Waals surface area contributed by atoms with E-state index in [0.29, 0.717) is 0 Å². The van der Waals surface area contributed by atoms with Crippen LogP contribution in [0.1, 0.15) is 19.5 Å². The Morgan fingerprint density at radius 2 is 2.50 bits per heavy atom. The van der Waals surface area contributed by atoms with Crippen molar-refractivity contribution in [3.63, 3.8) is 0 Å². The molecule has 1 heterocycles. The highest BCUT2D eigenvalue weighted by Gasteiger charge is 2.11. The number of rotatable bonds is 3. The molecule has 0 aliphatic rings. The standard InChI is InChI=1S/C9H13N3/c1-4-9(2,3)12-6-8-5-10-7-11-8/h1,5,7,12H,6H2,2-3H3,(H,10,11). The molecule has 1 rings (SSSR count). The molecule has 0 aliphatic heterocycles. The van der Waals surface area contributed by atoms with Crippen molar-refractivity contribution in [1.29, 1.82) is 0 Å². The Morgan fingerprint density at radius 1 is 1.75 bits per heavy atom. The van der Waals surface area contributed by atoms with Crippen molar-refractivity contribution in [2.24, 2.45) is 0 Å². The number of H-pyrrole nitrogens is 1. The SMILES string of the molecule is C#CC(C)(C)NCc1cnc[nH]1. The van der Waals surface area contributed by atoms with Gasteiger partial charge < -0.3 is 4.98 Å². The van der Waals surface area contributed by atoms with E-state index in [2.05, 4.69) is 21.2 Å². The average Bonchev–Trinajstić information content (AvgIpc) is 2.53. The lowest BCUT2D eigenvalue weighted by atomic mass is 10.1. The van der Waals surface area contributed by atoms with Crippen LogP contribution in [-0.4, -0.2) is 15.5 Å². The highest BCUT2D eigenvalue weighted by atomic mass is 15.0. The summed E-state index contributed by atoms with van der Waals surface area (Å²) in [5, 5.41) is 3.20. The maximum absolute atomic E-state index is 5.31. The van der Waals surface area contributed by atoms with Crippen LogP contribution in [0.3, 0.4) is 0 Å². The molecule has 0 saturated heterocycles. The minimum atomic E-state index is -0.259. The van der Waals surface area contributed by atoms with Gasteiger partial charge in [0, 0.05) is 18.4 Å². The van der Waals surface area contributed by atoms with Gasteiger partial charge in [-0.2, -0.15) is 0 Å². The zero-order valence-electron chi connectivity index (χ0n) is 7.39. The molecule has 0 atom stereocenters. The fourth-order valence-corrected chi connectivity index (χ4v) is 0.749. The number of aromatic nitrogens is 2. The number of terminal acetylenes is 1. The van der Waals surface area contributed by atoms with Crippen LogP contribution in [0.25, 0.3) is 0 Å². The van der Waals surface area contributed by atoms with Crippen molar-refractivity contribution in [3.8, 4) is 12.3 Å². The Hall–Kier alpha value is -1.27. The van der Waals surface area contributed by atoms with E-state index in [0.717, 1.165) is 12.2 Å². The van der Waals surface area contributed by atoms with Crippen molar-refractivity contribution in [1.82, 2.24) is 15.3 Å². The van der Waals surface area contributed by atoms with Crippen LogP contribution in [0.2, 0.25) is 0 Å². The molecule has 2 N–H and O–H groups in total. The van der Waals surface area contributed by atoms with E-state index in [-0.39, 0.29) is 5.54 Å². The molecular weight excluding hydrogens is 150 g/mol. The van der Waals surface area contributed by atoms with E-state index >= 15 is 0 Å². The first-order valence-electron chi connectivity index (χ1n) is 3.84. The summed E-state index contributed by atoms with van der Waals surface area (Å²) in [6.07, 6.45) is 8.74. The van der Waals surface area contributed by atoms with Gasteiger partial charge in [0.1, 0.15) is 0 Å². The topological polar surface area (TPSA) is 40.7 Å². The van der Waals surface area contributed by atoms with E-state index in [1.807, 2.05) is 13.8 Å². The van der Waals surface area contributed by atoms with Crippen LogP contribution in [-0.2, 0) is 6.54 Å². The second kappa shape index (κ2) is 3.42. The first kappa shape index (κ1) is 8.82. The normalized spacial score (nSPS) is 11.1. The summed E-state index contributed by atoms with van der Waals surface area (Å²) in [6.45, 7) is 4.64. The van der Waals surface area contributed by atoms with E-state index in [1.54, 1.807) is 12.5 Å². The maximum atomic E-state index is 5.31. The second-order valence-electron chi connectivity index (χ2n) is 3.20. The van der Waals surface area contributed by atoms with Crippen molar-refractivity contribution in [3.05, 3.63) is 18.2 Å². The van der Waals surface area contributed by atoms with Gasteiger partial charge in [-0.05, 0) is 13.8 Å². The number of aromatic amines is 1. The zero-order valence-corrected chi connectivity index (χ0v) is 7.39. The van der Waals surface area contributed by atoms with Gasteiger partial charge in [0.2, 0.25) is 0 Å². The minimum absolute atomic E-state index is 0.259. The summed E-state index contributed by atoms with van der Waals surface area (Å²) >= 11 is 0. The van der Waals surface area contributed by atoms with Crippen LogP contribution in [0, 0.1) is 12.3 Å². The maximum Gasteiger partial charge on any atom is 0.0922 e. The summed E-state index contributed by atoms with van der Waals surface area (Å²) in [6, 6.07) is 0. The molecular formula is C9H13N3. The molecule has 0 bridgehead atoms. The Labute approximate surface area is 72.6 Å². The molecule has 0 fully saturated rings. The van der Waals surface area contributed by atoms with Crippen molar-refractivity contribution in [2.75, 3.05) is 0 Å². The molecule has 0 unspecified atom stereocenters. The highest BCUT2D eigenvalue weighted by Crippen LogP contribution is 2.00. The Morgan fingerprint density at radius 3 is 3.00 bits per heavy atom. The summed E-state index contributed by atoms with van der Waals surface area (Å²) in [5.74, 6) is 2.66. The van der Waals surface area contributed by atoms with Gasteiger partial charge in [0.25, 0.3) is 0 Å². The molecule has 3 heteroatoms. The third kappa shape index (κ3) is 2.40. The first-order valence-corrected chi connectivity index (χ1v) is 3.84. The molecule has 0 radical (unpaired) electrons. The van der Waals surface area contributed by atoms with Gasteiger partial charge in [-0.15, -0.1) is 6.42 Å². The Balaban J connectivity index is 2.42. The zero-order chi connectivity index (χ0) is 9.03. The fourth-order valence-electron chi connectivity index (χ4n) is 0.749. The molecule has 0 aromatic carbocycles. The Kier molecular flexibility index (Phi) is 2.51. The first-order chi connectivity index (χ1) is 5.64. The molecule has 0 saturated carbocycles. The number of hydrogen-bond acceptors (Lipinski definition) is 2. The molecule has 1 aromatic heterocycles. The summed E-state index contributed by atoms with van der Waals surface area (Å²) in [7, 11) is 0. The van der Waals surface area contributed by atoms with Gasteiger partial charge in [-0.3, -0.25) is 5.32 Å². The molecule has 0 aliphatic carbocycles. The lowest BCUT2D eigenvalue weighted by molar-refractivity contribution is 0.487. The summed E-state index contributed by atoms with van der Waals surface area (Å²) in [5.41, 5.74) is 0.781. The molecule has 0 spiro atoms. The van der Waals surface area contributed by atoms with Crippen LogP contribution >= 0.6 is 0 Å².